The molecule has 1 saturated heterocycles. The van der Waals surface area contributed by atoms with Crippen LogP contribution in [0.5, 0.6) is 0 Å². The standard InChI is InChI=1S/C9H8BrClO/c10-7-1-2-9(11)6(3-7)4-8-5-12-8/h1-3,8H,4-5H2. The first-order valence-corrected chi connectivity index (χ1v) is 4.98. The predicted octanol–water partition coefficient (Wildman–Crippen LogP) is 3.04. The van der Waals surface area contributed by atoms with Gasteiger partial charge in [-0.05, 0) is 23.8 Å². The van der Waals surface area contributed by atoms with E-state index in [9.17, 15) is 0 Å². The van der Waals surface area contributed by atoms with Crippen LogP contribution in [-0.4, -0.2) is 12.7 Å². The van der Waals surface area contributed by atoms with Crippen LogP contribution in [0.1, 0.15) is 5.56 Å². The van der Waals surface area contributed by atoms with Crippen molar-refractivity contribution in [3.8, 4) is 0 Å². The van der Waals surface area contributed by atoms with E-state index < -0.39 is 0 Å². The van der Waals surface area contributed by atoms with Crippen LogP contribution in [0.2, 0.25) is 5.02 Å². The van der Waals surface area contributed by atoms with Gasteiger partial charge < -0.3 is 4.74 Å². The van der Waals surface area contributed by atoms with Crippen LogP contribution in [0.3, 0.4) is 0 Å². The second kappa shape index (κ2) is 3.36. The maximum Gasteiger partial charge on any atom is 0.0850 e. The predicted molar refractivity (Wildman–Crippen MR) is 52.6 cm³/mol. The molecule has 1 aliphatic heterocycles. The van der Waals surface area contributed by atoms with Gasteiger partial charge in [-0.15, -0.1) is 0 Å². The molecule has 12 heavy (non-hydrogen) atoms. The van der Waals surface area contributed by atoms with E-state index in [1.807, 2.05) is 18.2 Å². The van der Waals surface area contributed by atoms with E-state index in [2.05, 4.69) is 15.9 Å². The second-order valence-corrected chi connectivity index (χ2v) is 4.22. The van der Waals surface area contributed by atoms with Gasteiger partial charge in [-0.25, -0.2) is 0 Å². The highest BCUT2D eigenvalue weighted by molar-refractivity contribution is 9.10. The zero-order chi connectivity index (χ0) is 8.55. The molecule has 1 atom stereocenters. The van der Waals surface area contributed by atoms with Crippen LogP contribution in [0, 0.1) is 0 Å². The van der Waals surface area contributed by atoms with Crippen LogP contribution >= 0.6 is 27.5 Å². The van der Waals surface area contributed by atoms with Crippen LogP contribution in [0.15, 0.2) is 22.7 Å². The Morgan fingerprint density at radius 1 is 1.58 bits per heavy atom. The maximum absolute atomic E-state index is 5.99. The van der Waals surface area contributed by atoms with E-state index in [0.717, 1.165) is 28.1 Å². The van der Waals surface area contributed by atoms with Crippen molar-refractivity contribution in [2.45, 2.75) is 12.5 Å². The summed E-state index contributed by atoms with van der Waals surface area (Å²) in [6.45, 7) is 0.878. The summed E-state index contributed by atoms with van der Waals surface area (Å²) >= 11 is 9.40. The molecule has 0 amide bonds. The van der Waals surface area contributed by atoms with Crippen molar-refractivity contribution in [2.24, 2.45) is 0 Å². The number of ether oxygens (including phenoxy) is 1. The fourth-order valence-corrected chi connectivity index (χ4v) is 1.73. The van der Waals surface area contributed by atoms with Crippen molar-refractivity contribution in [3.63, 3.8) is 0 Å². The Bertz CT molecular complexity index is 297. The Morgan fingerprint density at radius 3 is 3.00 bits per heavy atom. The summed E-state index contributed by atoms with van der Waals surface area (Å²) in [7, 11) is 0. The highest BCUT2D eigenvalue weighted by Gasteiger charge is 2.23. The second-order valence-electron chi connectivity index (χ2n) is 2.90. The quantitative estimate of drug-likeness (QED) is 0.732. The fourth-order valence-electron chi connectivity index (χ4n) is 1.13. The van der Waals surface area contributed by atoms with E-state index in [1.54, 1.807) is 0 Å². The van der Waals surface area contributed by atoms with Gasteiger partial charge in [0.2, 0.25) is 0 Å². The molecule has 0 saturated carbocycles. The lowest BCUT2D eigenvalue weighted by Crippen LogP contribution is -1.93. The van der Waals surface area contributed by atoms with Crippen LogP contribution < -0.4 is 0 Å². The maximum atomic E-state index is 5.99. The van der Waals surface area contributed by atoms with Crippen molar-refractivity contribution >= 4 is 27.5 Å². The van der Waals surface area contributed by atoms with Crippen molar-refractivity contribution in [1.29, 1.82) is 0 Å². The number of hydrogen-bond donors (Lipinski definition) is 0. The Labute approximate surface area is 84.8 Å². The summed E-state index contributed by atoms with van der Waals surface area (Å²) < 4.78 is 6.21. The summed E-state index contributed by atoms with van der Waals surface area (Å²) in [5.41, 5.74) is 1.16. The molecule has 2 rings (SSSR count). The van der Waals surface area contributed by atoms with E-state index in [1.165, 1.54) is 0 Å². The molecule has 1 fully saturated rings. The third-order valence-corrected chi connectivity index (χ3v) is 2.72. The van der Waals surface area contributed by atoms with Crippen molar-refractivity contribution < 1.29 is 4.74 Å². The molecule has 1 aromatic carbocycles. The summed E-state index contributed by atoms with van der Waals surface area (Å²) in [5, 5.41) is 0.828. The zero-order valence-corrected chi connectivity index (χ0v) is 8.73. The molecule has 64 valence electrons. The highest BCUT2D eigenvalue weighted by atomic mass is 79.9. The van der Waals surface area contributed by atoms with E-state index >= 15 is 0 Å². The minimum absolute atomic E-state index is 0.400. The van der Waals surface area contributed by atoms with Gasteiger partial charge in [-0.2, -0.15) is 0 Å². The van der Waals surface area contributed by atoms with Crippen molar-refractivity contribution in [1.82, 2.24) is 0 Å². The third-order valence-electron chi connectivity index (χ3n) is 1.86. The highest BCUT2D eigenvalue weighted by Crippen LogP contribution is 2.25. The van der Waals surface area contributed by atoms with Gasteiger partial charge >= 0.3 is 0 Å². The van der Waals surface area contributed by atoms with Gasteiger partial charge in [0.15, 0.2) is 0 Å². The molecule has 1 unspecified atom stereocenters. The molecular formula is C9H8BrClO. The smallest absolute Gasteiger partial charge is 0.0850 e. The van der Waals surface area contributed by atoms with Crippen LogP contribution in [-0.2, 0) is 11.2 Å². The molecular weight excluding hydrogens is 239 g/mol. The summed E-state index contributed by atoms with van der Waals surface area (Å²) in [6, 6.07) is 5.90. The third kappa shape index (κ3) is 2.00. The number of rotatable bonds is 2. The molecule has 3 heteroatoms. The first-order valence-electron chi connectivity index (χ1n) is 3.81. The molecule has 0 aliphatic carbocycles. The van der Waals surface area contributed by atoms with Gasteiger partial charge in [0.05, 0.1) is 12.7 Å². The molecule has 1 aliphatic rings. The van der Waals surface area contributed by atoms with Crippen molar-refractivity contribution in [2.75, 3.05) is 6.61 Å². The Morgan fingerprint density at radius 2 is 2.33 bits per heavy atom. The van der Waals surface area contributed by atoms with Crippen LogP contribution in [0.25, 0.3) is 0 Å². The lowest BCUT2D eigenvalue weighted by Gasteiger charge is -2.01. The lowest BCUT2D eigenvalue weighted by atomic mass is 10.1. The van der Waals surface area contributed by atoms with E-state index in [-0.39, 0.29) is 0 Å². The SMILES string of the molecule is Clc1ccc(Br)cc1CC1CO1. The molecule has 0 bridgehead atoms. The fraction of sp³-hybridized carbons (Fsp3) is 0.333. The Balaban J connectivity index is 2.21. The van der Waals surface area contributed by atoms with E-state index in [0.29, 0.717) is 6.10 Å². The number of benzene rings is 1. The normalized spacial score (nSPS) is 21.0. The largest absolute Gasteiger partial charge is 0.373 e. The Hall–Kier alpha value is -0.0500. The molecule has 1 aromatic rings. The summed E-state index contributed by atoms with van der Waals surface area (Å²) in [6.07, 6.45) is 1.33. The number of halogens is 2. The number of epoxide rings is 1. The monoisotopic (exact) mass is 246 g/mol. The molecule has 1 heterocycles. The summed E-state index contributed by atoms with van der Waals surface area (Å²) in [5.74, 6) is 0. The van der Waals surface area contributed by atoms with Gasteiger partial charge in [0.25, 0.3) is 0 Å². The molecule has 0 aromatic heterocycles. The van der Waals surface area contributed by atoms with Gasteiger partial charge in [-0.3, -0.25) is 0 Å². The average molecular weight is 248 g/mol. The molecule has 0 radical (unpaired) electrons. The summed E-state index contributed by atoms with van der Waals surface area (Å²) in [4.78, 5) is 0. The lowest BCUT2D eigenvalue weighted by molar-refractivity contribution is 0.407. The minimum Gasteiger partial charge on any atom is -0.373 e. The van der Waals surface area contributed by atoms with Crippen molar-refractivity contribution in [3.05, 3.63) is 33.3 Å². The molecule has 1 nitrogen and oxygen atoms in total. The van der Waals surface area contributed by atoms with Gasteiger partial charge in [-0.1, -0.05) is 27.5 Å². The minimum atomic E-state index is 0.400. The van der Waals surface area contributed by atoms with Crippen LogP contribution in [0.4, 0.5) is 0 Å². The zero-order valence-electron chi connectivity index (χ0n) is 6.39. The first kappa shape index (κ1) is 8.54. The topological polar surface area (TPSA) is 12.5 Å². The number of hydrogen-bond acceptors (Lipinski definition) is 1. The molecule has 0 N–H and O–H groups in total. The molecule has 0 spiro atoms. The van der Waals surface area contributed by atoms with Gasteiger partial charge in [0, 0.05) is 15.9 Å². The van der Waals surface area contributed by atoms with E-state index in [4.69, 9.17) is 16.3 Å². The first-order chi connectivity index (χ1) is 5.75. The average Bonchev–Trinajstić information content (AvgIpc) is 2.81. The Kier molecular flexibility index (Phi) is 2.40. The van der Waals surface area contributed by atoms with Gasteiger partial charge in [0.1, 0.15) is 0 Å².